The molecule has 2 heterocycles. The highest BCUT2D eigenvalue weighted by atomic mass is 32.2. The van der Waals surface area contributed by atoms with Gasteiger partial charge in [0.25, 0.3) is 0 Å². The Morgan fingerprint density at radius 2 is 1.69 bits per heavy atom. The first kappa shape index (κ1) is 22.2. The zero-order valence-corrected chi connectivity index (χ0v) is 18.6. The minimum absolute atomic E-state index is 0.0520. The Bertz CT molecular complexity index is 1120. The highest BCUT2D eigenvalue weighted by Crippen LogP contribution is 2.23. The smallest absolute Gasteiger partial charge is 0.243 e. The lowest BCUT2D eigenvalue weighted by Gasteiger charge is -2.31. The minimum atomic E-state index is -3.45. The lowest BCUT2D eigenvalue weighted by molar-refractivity contribution is -0.121. The van der Waals surface area contributed by atoms with E-state index in [9.17, 15) is 13.2 Å². The summed E-state index contributed by atoms with van der Waals surface area (Å²) >= 11 is 0. The van der Waals surface area contributed by atoms with E-state index in [0.717, 1.165) is 18.4 Å². The third kappa shape index (κ3) is 5.44. The van der Waals surface area contributed by atoms with Crippen molar-refractivity contribution in [1.82, 2.24) is 14.6 Å². The summed E-state index contributed by atoms with van der Waals surface area (Å²) in [5.41, 5.74) is 0.955. The predicted octanol–water partition coefficient (Wildman–Crippen LogP) is 3.49. The molecule has 0 radical (unpaired) electrons. The van der Waals surface area contributed by atoms with Crippen LogP contribution in [-0.2, 0) is 21.2 Å². The van der Waals surface area contributed by atoms with Crippen molar-refractivity contribution in [2.45, 2.75) is 30.6 Å². The summed E-state index contributed by atoms with van der Waals surface area (Å²) < 4.78 is 32.7. The zero-order valence-electron chi connectivity index (χ0n) is 17.8. The largest absolute Gasteiger partial charge is 0.441 e. The van der Waals surface area contributed by atoms with Crippen LogP contribution in [0.4, 0.5) is 0 Å². The van der Waals surface area contributed by atoms with Gasteiger partial charge < -0.3 is 9.73 Å². The number of sulfonamides is 1. The molecule has 32 heavy (non-hydrogen) atoms. The van der Waals surface area contributed by atoms with E-state index < -0.39 is 10.0 Å². The zero-order chi connectivity index (χ0) is 22.4. The summed E-state index contributed by atoms with van der Waals surface area (Å²) in [5, 5.41) is 2.97. The SMILES string of the molecule is O=C(CCc1ncc(-c2ccccc2)o1)NCC1CCN(S(=O)(=O)c2ccccc2)CC1. The fourth-order valence-electron chi connectivity index (χ4n) is 3.82. The number of amides is 1. The van der Waals surface area contributed by atoms with E-state index >= 15 is 0 Å². The van der Waals surface area contributed by atoms with Crippen LogP contribution in [0.1, 0.15) is 25.2 Å². The molecule has 168 valence electrons. The fourth-order valence-corrected chi connectivity index (χ4v) is 5.31. The second-order valence-corrected chi connectivity index (χ2v) is 9.89. The van der Waals surface area contributed by atoms with Gasteiger partial charge in [-0.15, -0.1) is 0 Å². The Morgan fingerprint density at radius 1 is 1.03 bits per heavy atom. The van der Waals surface area contributed by atoms with Crippen LogP contribution in [0.5, 0.6) is 0 Å². The summed E-state index contributed by atoms with van der Waals surface area (Å²) in [4.78, 5) is 16.8. The topological polar surface area (TPSA) is 92.5 Å². The second kappa shape index (κ2) is 10.1. The van der Waals surface area contributed by atoms with Gasteiger partial charge in [-0.1, -0.05) is 48.5 Å². The van der Waals surface area contributed by atoms with Crippen molar-refractivity contribution in [3.8, 4) is 11.3 Å². The fraction of sp³-hybridized carbons (Fsp3) is 0.333. The van der Waals surface area contributed by atoms with E-state index in [2.05, 4.69) is 10.3 Å². The van der Waals surface area contributed by atoms with Gasteiger partial charge in [0, 0.05) is 38.0 Å². The molecule has 0 bridgehead atoms. The van der Waals surface area contributed by atoms with Crippen molar-refractivity contribution in [2.75, 3.05) is 19.6 Å². The lowest BCUT2D eigenvalue weighted by atomic mass is 9.98. The number of hydrogen-bond donors (Lipinski definition) is 1. The monoisotopic (exact) mass is 453 g/mol. The molecule has 2 aromatic carbocycles. The van der Waals surface area contributed by atoms with Gasteiger partial charge in [-0.25, -0.2) is 13.4 Å². The Balaban J connectivity index is 1.19. The van der Waals surface area contributed by atoms with Gasteiger partial charge in [-0.2, -0.15) is 4.31 Å². The van der Waals surface area contributed by atoms with E-state index in [0.29, 0.717) is 49.0 Å². The van der Waals surface area contributed by atoms with Crippen LogP contribution in [0.3, 0.4) is 0 Å². The first-order valence-corrected chi connectivity index (χ1v) is 12.3. The number of carbonyl (C=O) groups is 1. The van der Waals surface area contributed by atoms with Crippen LogP contribution in [0.15, 0.2) is 76.2 Å². The molecule has 4 rings (SSSR count). The lowest BCUT2D eigenvalue weighted by Crippen LogP contribution is -2.41. The molecule has 1 saturated heterocycles. The maximum Gasteiger partial charge on any atom is 0.243 e. The van der Waals surface area contributed by atoms with Crippen molar-refractivity contribution in [1.29, 1.82) is 0 Å². The minimum Gasteiger partial charge on any atom is -0.441 e. The van der Waals surface area contributed by atoms with Crippen molar-refractivity contribution >= 4 is 15.9 Å². The van der Waals surface area contributed by atoms with Gasteiger partial charge in [0.15, 0.2) is 11.7 Å². The molecule has 0 saturated carbocycles. The third-order valence-electron chi connectivity index (χ3n) is 5.72. The second-order valence-electron chi connectivity index (χ2n) is 7.95. The van der Waals surface area contributed by atoms with Crippen molar-refractivity contribution in [2.24, 2.45) is 5.92 Å². The molecular weight excluding hydrogens is 426 g/mol. The Hall–Kier alpha value is -2.97. The number of aromatic nitrogens is 1. The molecule has 1 aromatic heterocycles. The standard InChI is InChI=1S/C24H27N3O4S/c28-23(11-12-24-26-18-22(31-24)20-7-3-1-4-8-20)25-17-19-13-15-27(16-14-19)32(29,30)21-9-5-2-6-10-21/h1-10,18-19H,11-17H2,(H,25,28). The van der Waals surface area contributed by atoms with Gasteiger partial charge in [-0.3, -0.25) is 4.79 Å². The first-order chi connectivity index (χ1) is 15.5. The molecule has 8 heteroatoms. The van der Waals surface area contributed by atoms with Gasteiger partial charge in [0.1, 0.15) is 0 Å². The van der Waals surface area contributed by atoms with E-state index in [-0.39, 0.29) is 11.8 Å². The summed E-state index contributed by atoms with van der Waals surface area (Å²) in [6.45, 7) is 1.49. The number of aryl methyl sites for hydroxylation is 1. The van der Waals surface area contributed by atoms with E-state index in [1.54, 1.807) is 36.5 Å². The maximum atomic E-state index is 12.7. The van der Waals surface area contributed by atoms with Gasteiger partial charge in [-0.05, 0) is 30.9 Å². The van der Waals surface area contributed by atoms with Crippen LogP contribution in [0.25, 0.3) is 11.3 Å². The normalized spacial score (nSPS) is 15.5. The summed E-state index contributed by atoms with van der Waals surface area (Å²) in [5.74, 6) is 1.45. The summed E-state index contributed by atoms with van der Waals surface area (Å²) in [6.07, 6.45) is 3.88. The summed E-state index contributed by atoms with van der Waals surface area (Å²) in [7, 11) is -3.45. The van der Waals surface area contributed by atoms with E-state index in [1.807, 2.05) is 30.3 Å². The molecule has 0 atom stereocenters. The number of benzene rings is 2. The third-order valence-corrected chi connectivity index (χ3v) is 7.63. The predicted molar refractivity (Wildman–Crippen MR) is 121 cm³/mol. The average molecular weight is 454 g/mol. The number of piperidine rings is 1. The Kier molecular flexibility index (Phi) is 7.02. The molecule has 1 N–H and O–H groups in total. The number of hydrogen-bond acceptors (Lipinski definition) is 5. The van der Waals surface area contributed by atoms with Crippen molar-refractivity contribution in [3.63, 3.8) is 0 Å². The average Bonchev–Trinajstić information content (AvgIpc) is 3.32. The molecule has 1 fully saturated rings. The number of oxazole rings is 1. The van der Waals surface area contributed by atoms with E-state index in [1.165, 1.54) is 4.31 Å². The quantitative estimate of drug-likeness (QED) is 0.564. The van der Waals surface area contributed by atoms with Crippen molar-refractivity contribution in [3.05, 3.63) is 72.8 Å². The van der Waals surface area contributed by atoms with Gasteiger partial charge in [0.05, 0.1) is 11.1 Å². The van der Waals surface area contributed by atoms with Gasteiger partial charge >= 0.3 is 0 Å². The molecule has 7 nitrogen and oxygen atoms in total. The molecule has 1 aliphatic heterocycles. The van der Waals surface area contributed by atoms with Gasteiger partial charge in [0.2, 0.25) is 15.9 Å². The van der Waals surface area contributed by atoms with E-state index in [4.69, 9.17) is 4.42 Å². The Morgan fingerprint density at radius 3 is 2.38 bits per heavy atom. The molecular formula is C24H27N3O4S. The number of rotatable bonds is 8. The van der Waals surface area contributed by atoms with Crippen LogP contribution in [0.2, 0.25) is 0 Å². The van der Waals surface area contributed by atoms with Crippen LogP contribution in [-0.4, -0.2) is 43.2 Å². The van der Waals surface area contributed by atoms with Crippen LogP contribution >= 0.6 is 0 Å². The van der Waals surface area contributed by atoms with Crippen LogP contribution < -0.4 is 5.32 Å². The molecule has 3 aromatic rings. The number of nitrogens with zero attached hydrogens (tertiary/aromatic N) is 2. The first-order valence-electron chi connectivity index (χ1n) is 10.8. The molecule has 1 aliphatic rings. The molecule has 0 unspecified atom stereocenters. The van der Waals surface area contributed by atoms with Crippen molar-refractivity contribution < 1.29 is 17.6 Å². The highest BCUT2D eigenvalue weighted by Gasteiger charge is 2.29. The molecule has 0 aliphatic carbocycles. The molecule has 0 spiro atoms. The number of carbonyl (C=O) groups excluding carboxylic acids is 1. The maximum absolute atomic E-state index is 12.7. The Labute approximate surface area is 188 Å². The number of nitrogens with one attached hydrogen (secondary N) is 1. The van der Waals surface area contributed by atoms with Crippen LogP contribution in [0, 0.1) is 5.92 Å². The highest BCUT2D eigenvalue weighted by molar-refractivity contribution is 7.89. The molecule has 1 amide bonds. The summed E-state index contributed by atoms with van der Waals surface area (Å²) in [6, 6.07) is 18.2.